The van der Waals surface area contributed by atoms with Gasteiger partial charge in [0, 0.05) is 25.1 Å². The largest absolute Gasteiger partial charge is 0.459 e. The molecule has 0 bridgehead atoms. The van der Waals surface area contributed by atoms with Crippen molar-refractivity contribution in [2.24, 2.45) is 0 Å². The number of ether oxygens (including phenoxy) is 4. The highest BCUT2D eigenvalue weighted by molar-refractivity contribution is 6.18. The number of hydrogen-bond acceptors (Lipinski definition) is 7. The van der Waals surface area contributed by atoms with Gasteiger partial charge in [-0.3, -0.25) is 14.3 Å². The first-order valence-electron chi connectivity index (χ1n) is 11.0. The molecule has 2 saturated heterocycles. The molecule has 5 rings (SSSR count). The number of fused-ring (bicyclic) bond motifs is 1. The van der Waals surface area contributed by atoms with E-state index >= 15 is 0 Å². The zero-order valence-corrected chi connectivity index (χ0v) is 18.9. The fourth-order valence-corrected chi connectivity index (χ4v) is 5.47. The molecule has 0 amide bonds. The van der Waals surface area contributed by atoms with Crippen molar-refractivity contribution in [3.05, 3.63) is 69.0 Å². The van der Waals surface area contributed by atoms with Crippen LogP contribution in [0.2, 0.25) is 0 Å². The van der Waals surface area contributed by atoms with Crippen LogP contribution in [0.4, 0.5) is 0 Å². The lowest BCUT2D eigenvalue weighted by Gasteiger charge is -2.33. The molecular formula is C23H25ClN2O7. The van der Waals surface area contributed by atoms with Crippen molar-refractivity contribution < 1.29 is 23.7 Å². The summed E-state index contributed by atoms with van der Waals surface area (Å²) in [5.74, 6) is -1.40. The van der Waals surface area contributed by atoms with Gasteiger partial charge in [0.25, 0.3) is 5.56 Å². The van der Waals surface area contributed by atoms with Gasteiger partial charge in [-0.15, -0.1) is 11.6 Å². The maximum Gasteiger partial charge on any atom is 0.338 e. The molecule has 3 fully saturated rings. The van der Waals surface area contributed by atoms with Gasteiger partial charge in [-0.2, -0.15) is 0 Å². The summed E-state index contributed by atoms with van der Waals surface area (Å²) in [4.78, 5) is 39.1. The number of nitrogens with zero attached hydrogens (tertiary/aromatic N) is 1. The van der Waals surface area contributed by atoms with Gasteiger partial charge in [0.15, 0.2) is 12.0 Å². The molecule has 0 radical (unpaired) electrons. The van der Waals surface area contributed by atoms with E-state index in [0.29, 0.717) is 18.4 Å². The van der Waals surface area contributed by atoms with Crippen molar-refractivity contribution in [3.8, 4) is 0 Å². The number of rotatable bonds is 5. The molecule has 1 N–H and O–H groups in total. The maximum atomic E-state index is 12.6. The first-order valence-corrected chi connectivity index (χ1v) is 11.5. The number of alkyl halides is 1. The number of nitrogens with one attached hydrogen (secondary N) is 1. The van der Waals surface area contributed by atoms with Crippen LogP contribution in [0.1, 0.15) is 49.2 Å². The van der Waals surface area contributed by atoms with Gasteiger partial charge < -0.3 is 18.9 Å². The number of benzene rings is 1. The van der Waals surface area contributed by atoms with Crippen LogP contribution in [0.5, 0.6) is 0 Å². The predicted octanol–water partition coefficient (Wildman–Crippen LogP) is 2.34. The van der Waals surface area contributed by atoms with Crippen LogP contribution in [0.3, 0.4) is 0 Å². The molecule has 9 nitrogen and oxygen atoms in total. The zero-order chi connectivity index (χ0) is 23.3. The minimum atomic E-state index is -1.27. The van der Waals surface area contributed by atoms with Crippen LogP contribution >= 0.6 is 11.6 Å². The van der Waals surface area contributed by atoms with Crippen molar-refractivity contribution in [3.63, 3.8) is 0 Å². The molecule has 1 aliphatic carbocycles. The minimum Gasteiger partial charge on any atom is -0.459 e. The van der Waals surface area contributed by atoms with Crippen molar-refractivity contribution in [2.45, 2.75) is 61.9 Å². The van der Waals surface area contributed by atoms with Crippen LogP contribution < -0.4 is 11.2 Å². The van der Waals surface area contributed by atoms with Crippen LogP contribution in [0, 0.1) is 0 Å². The van der Waals surface area contributed by atoms with Gasteiger partial charge in [0.2, 0.25) is 0 Å². The molecule has 1 aromatic heterocycles. The maximum absolute atomic E-state index is 12.6. The summed E-state index contributed by atoms with van der Waals surface area (Å²) < 4.78 is 26.2. The molecule has 4 atom stereocenters. The number of aromatic amines is 1. The average Bonchev–Trinajstić information content (AvgIpc) is 3.45. The highest BCUT2D eigenvalue weighted by atomic mass is 35.5. The molecule has 2 aliphatic heterocycles. The second kappa shape index (κ2) is 8.09. The normalized spacial score (nSPS) is 32.2. The summed E-state index contributed by atoms with van der Waals surface area (Å²) in [5.41, 5.74) is -3.15. The molecule has 1 spiro atoms. The van der Waals surface area contributed by atoms with Crippen LogP contribution in [-0.2, 0) is 18.9 Å². The third kappa shape index (κ3) is 3.63. The molecule has 176 valence electrons. The Morgan fingerprint density at radius 3 is 2.58 bits per heavy atom. The van der Waals surface area contributed by atoms with Gasteiger partial charge in [0.05, 0.1) is 11.4 Å². The Labute approximate surface area is 194 Å². The summed E-state index contributed by atoms with van der Waals surface area (Å²) in [6, 6.07) is 9.84. The number of aromatic nitrogens is 2. The van der Waals surface area contributed by atoms with E-state index in [1.807, 2.05) is 0 Å². The Bertz CT molecular complexity index is 1160. The van der Waals surface area contributed by atoms with Crippen molar-refractivity contribution >= 4 is 17.6 Å². The van der Waals surface area contributed by atoms with E-state index in [1.54, 1.807) is 37.3 Å². The quantitative estimate of drug-likeness (QED) is 0.521. The summed E-state index contributed by atoms with van der Waals surface area (Å²) in [6.07, 6.45) is 2.99. The van der Waals surface area contributed by atoms with Gasteiger partial charge in [-0.25, -0.2) is 9.59 Å². The first-order chi connectivity index (χ1) is 15.8. The van der Waals surface area contributed by atoms with E-state index in [4.69, 9.17) is 30.5 Å². The fourth-order valence-electron chi connectivity index (χ4n) is 5.19. The molecular weight excluding hydrogens is 452 g/mol. The van der Waals surface area contributed by atoms with Crippen LogP contribution in [0.25, 0.3) is 0 Å². The van der Waals surface area contributed by atoms with Crippen LogP contribution in [0.15, 0.2) is 52.2 Å². The van der Waals surface area contributed by atoms with Crippen LogP contribution in [-0.4, -0.2) is 51.1 Å². The highest BCUT2D eigenvalue weighted by Gasteiger charge is 2.72. The first kappa shape index (κ1) is 22.3. The van der Waals surface area contributed by atoms with E-state index in [2.05, 4.69) is 4.98 Å². The van der Waals surface area contributed by atoms with Gasteiger partial charge in [-0.1, -0.05) is 18.2 Å². The third-order valence-corrected chi connectivity index (χ3v) is 7.18. The number of carbonyl (C=O) groups is 1. The van der Waals surface area contributed by atoms with Gasteiger partial charge in [0.1, 0.15) is 23.9 Å². The lowest BCUT2D eigenvalue weighted by Crippen LogP contribution is -2.52. The summed E-state index contributed by atoms with van der Waals surface area (Å²) >= 11 is 6.44. The molecule has 2 aromatic rings. The van der Waals surface area contributed by atoms with E-state index in [-0.39, 0.29) is 12.5 Å². The molecule has 3 aliphatic rings. The van der Waals surface area contributed by atoms with Gasteiger partial charge >= 0.3 is 11.7 Å². The second-order valence-corrected chi connectivity index (χ2v) is 9.30. The van der Waals surface area contributed by atoms with Crippen molar-refractivity contribution in [1.29, 1.82) is 0 Å². The van der Waals surface area contributed by atoms with E-state index in [0.717, 1.165) is 12.8 Å². The SMILES string of the molecule is C[C@@]12OC3(CCCC3)O[C@@H]1[C@@](CCl)(COC(=O)c1ccccc1)O[C@H]2n1ccc(=O)[nH]c1=O. The van der Waals surface area contributed by atoms with E-state index < -0.39 is 46.5 Å². The Morgan fingerprint density at radius 2 is 1.91 bits per heavy atom. The lowest BCUT2D eigenvalue weighted by atomic mass is 9.89. The Balaban J connectivity index is 1.51. The molecule has 10 heteroatoms. The van der Waals surface area contributed by atoms with E-state index in [1.165, 1.54) is 16.8 Å². The number of carbonyl (C=O) groups excluding carboxylic acids is 1. The molecule has 1 saturated carbocycles. The van der Waals surface area contributed by atoms with Crippen molar-refractivity contribution in [2.75, 3.05) is 12.5 Å². The van der Waals surface area contributed by atoms with Gasteiger partial charge in [-0.05, 0) is 31.9 Å². The lowest BCUT2D eigenvalue weighted by molar-refractivity contribution is -0.247. The Kier molecular flexibility index (Phi) is 5.48. The number of hydrogen-bond donors (Lipinski definition) is 1. The van der Waals surface area contributed by atoms with Crippen molar-refractivity contribution in [1.82, 2.24) is 9.55 Å². The summed E-state index contributed by atoms with van der Waals surface area (Å²) in [6.45, 7) is 1.61. The molecule has 1 aromatic carbocycles. The average molecular weight is 477 g/mol. The summed E-state index contributed by atoms with van der Waals surface area (Å²) in [7, 11) is 0. The number of H-pyrrole nitrogens is 1. The standard InChI is InChI=1S/C23H25ClN2O7/c1-21-18(31-23(33-21)10-5-6-11-23)22(13-24,14-30-17(28)15-7-3-2-4-8-15)32-19(21)26-12-9-16(27)25-20(26)29/h2-4,7-9,12,18-19H,5-6,10-11,13-14H2,1H3,(H,25,27,29)/t18-,19+,21+,22+/m0/s1. The minimum absolute atomic E-state index is 0.0661. The highest BCUT2D eigenvalue weighted by Crippen LogP contribution is 2.58. The number of halogens is 1. The molecule has 3 heterocycles. The fraction of sp³-hybridized carbons (Fsp3) is 0.522. The second-order valence-electron chi connectivity index (χ2n) is 9.03. The monoisotopic (exact) mass is 476 g/mol. The Hall–Kier alpha value is -2.46. The predicted molar refractivity (Wildman–Crippen MR) is 117 cm³/mol. The smallest absolute Gasteiger partial charge is 0.338 e. The zero-order valence-electron chi connectivity index (χ0n) is 18.1. The molecule has 33 heavy (non-hydrogen) atoms. The summed E-state index contributed by atoms with van der Waals surface area (Å²) in [5, 5.41) is 0. The topological polar surface area (TPSA) is 109 Å². The van der Waals surface area contributed by atoms with E-state index in [9.17, 15) is 14.4 Å². The number of esters is 1. The third-order valence-electron chi connectivity index (χ3n) is 6.73. The molecule has 0 unspecified atom stereocenters. The Morgan fingerprint density at radius 1 is 1.18 bits per heavy atom.